The van der Waals surface area contributed by atoms with Crippen LogP contribution >= 0.6 is 0 Å². The van der Waals surface area contributed by atoms with Crippen LogP contribution in [0.3, 0.4) is 0 Å². The lowest BCUT2D eigenvalue weighted by atomic mass is 9.88. The van der Waals surface area contributed by atoms with Gasteiger partial charge in [0.2, 0.25) is 0 Å². The SMILES string of the molecule is N#Cc1ccc(CN2CC[C@H](NC(=O)c3ccc(C(=O)N4CCC(C(=O)c5ccc(-n6cccn6)cc5)CC4)nc3)[C@@H](F)C2)cc1. The van der Waals surface area contributed by atoms with Gasteiger partial charge in [0.1, 0.15) is 11.9 Å². The second kappa shape index (κ2) is 13.8. The number of aromatic nitrogens is 3. The van der Waals surface area contributed by atoms with Gasteiger partial charge in [-0.1, -0.05) is 12.1 Å². The summed E-state index contributed by atoms with van der Waals surface area (Å²) in [6, 6.07) is 21.0. The number of alkyl halides is 1. The molecule has 0 saturated carbocycles. The smallest absolute Gasteiger partial charge is 0.272 e. The molecule has 234 valence electrons. The Hall–Kier alpha value is -5.21. The Morgan fingerprint density at radius 3 is 2.30 bits per heavy atom. The zero-order valence-corrected chi connectivity index (χ0v) is 25.3. The minimum Gasteiger partial charge on any atom is -0.346 e. The Bertz CT molecular complexity index is 1710. The van der Waals surface area contributed by atoms with E-state index in [0.717, 1.165) is 11.3 Å². The maximum absolute atomic E-state index is 15.0. The van der Waals surface area contributed by atoms with Crippen molar-refractivity contribution in [3.05, 3.63) is 113 Å². The van der Waals surface area contributed by atoms with Crippen LogP contribution in [-0.4, -0.2) is 80.6 Å². The van der Waals surface area contributed by atoms with Crippen molar-refractivity contribution in [3.63, 3.8) is 0 Å². The molecule has 4 aromatic rings. The Kier molecular flexibility index (Phi) is 9.26. The molecule has 46 heavy (non-hydrogen) atoms. The predicted molar refractivity (Wildman–Crippen MR) is 168 cm³/mol. The lowest BCUT2D eigenvalue weighted by Gasteiger charge is -2.35. The molecule has 2 atom stereocenters. The summed E-state index contributed by atoms with van der Waals surface area (Å²) in [5.74, 6) is -0.780. The molecule has 10 nitrogen and oxygen atoms in total. The first-order chi connectivity index (χ1) is 22.4. The van der Waals surface area contributed by atoms with Crippen LogP contribution < -0.4 is 5.32 Å². The first-order valence-corrected chi connectivity index (χ1v) is 15.4. The Morgan fingerprint density at radius 1 is 0.935 bits per heavy atom. The fourth-order valence-electron chi connectivity index (χ4n) is 6.07. The number of amides is 2. The van der Waals surface area contributed by atoms with Gasteiger partial charge in [0.15, 0.2) is 5.78 Å². The zero-order valence-electron chi connectivity index (χ0n) is 25.3. The third kappa shape index (κ3) is 7.03. The number of benzene rings is 2. The summed E-state index contributed by atoms with van der Waals surface area (Å²) < 4.78 is 16.8. The topological polar surface area (TPSA) is 124 Å². The van der Waals surface area contributed by atoms with Gasteiger partial charge in [-0.15, -0.1) is 0 Å². The van der Waals surface area contributed by atoms with E-state index in [-0.39, 0.29) is 35.4 Å². The van der Waals surface area contributed by atoms with E-state index in [1.54, 1.807) is 27.9 Å². The molecular formula is C35H34FN7O3. The van der Waals surface area contributed by atoms with Crippen molar-refractivity contribution in [2.45, 2.75) is 38.0 Å². The maximum atomic E-state index is 15.0. The summed E-state index contributed by atoms with van der Waals surface area (Å²) in [5.41, 5.74) is 3.58. The number of carbonyl (C=O) groups is 3. The Labute approximate surface area is 266 Å². The summed E-state index contributed by atoms with van der Waals surface area (Å²) in [6.07, 6.45) is 5.23. The van der Waals surface area contributed by atoms with Crippen molar-refractivity contribution in [1.82, 2.24) is 29.9 Å². The number of piperidine rings is 2. The highest BCUT2D eigenvalue weighted by molar-refractivity contribution is 5.99. The predicted octanol–water partition coefficient (Wildman–Crippen LogP) is 4.22. The van der Waals surface area contributed by atoms with Crippen molar-refractivity contribution in [2.75, 3.05) is 26.2 Å². The molecule has 0 radical (unpaired) electrons. The number of nitrogens with one attached hydrogen (secondary N) is 1. The number of rotatable bonds is 8. The highest BCUT2D eigenvalue weighted by Crippen LogP contribution is 2.24. The van der Waals surface area contributed by atoms with E-state index in [1.807, 2.05) is 53.6 Å². The monoisotopic (exact) mass is 619 g/mol. The first kappa shape index (κ1) is 30.8. The number of ketones is 1. The van der Waals surface area contributed by atoms with Crippen LogP contribution in [0.25, 0.3) is 5.69 Å². The maximum Gasteiger partial charge on any atom is 0.272 e. The largest absolute Gasteiger partial charge is 0.346 e. The van der Waals surface area contributed by atoms with Crippen LogP contribution in [0.2, 0.25) is 0 Å². The zero-order chi connectivity index (χ0) is 32.0. The second-order valence-corrected chi connectivity index (χ2v) is 11.8. The molecule has 4 heterocycles. The van der Waals surface area contributed by atoms with Crippen LogP contribution in [0.4, 0.5) is 4.39 Å². The summed E-state index contributed by atoms with van der Waals surface area (Å²) in [5, 5.41) is 16.0. The molecule has 2 saturated heterocycles. The van der Waals surface area contributed by atoms with E-state index in [9.17, 15) is 14.4 Å². The van der Waals surface area contributed by atoms with E-state index < -0.39 is 18.1 Å². The summed E-state index contributed by atoms with van der Waals surface area (Å²) in [7, 11) is 0. The van der Waals surface area contributed by atoms with E-state index in [4.69, 9.17) is 5.26 Å². The fourth-order valence-corrected chi connectivity index (χ4v) is 6.07. The average molecular weight is 620 g/mol. The molecule has 0 aliphatic carbocycles. The highest BCUT2D eigenvalue weighted by Gasteiger charge is 2.31. The third-order valence-electron chi connectivity index (χ3n) is 8.75. The normalized spacial score (nSPS) is 18.9. The number of carbonyl (C=O) groups excluding carboxylic acids is 3. The van der Waals surface area contributed by atoms with Crippen LogP contribution in [0.5, 0.6) is 0 Å². The molecule has 2 fully saturated rings. The standard InChI is InChI=1S/C35H34FN7O3/c36-30-23-41(22-25-4-2-24(20-37)3-5-25)17-14-31(30)40-34(45)28-8-11-32(38-21-28)35(46)42-18-12-27(13-19-42)33(44)26-6-9-29(10-7-26)43-16-1-15-39-43/h1-11,15-16,21,27,30-31H,12-14,17-19,22-23H2,(H,40,45)/t30-,31-/m0/s1. The van der Waals surface area contributed by atoms with Gasteiger partial charge in [-0.3, -0.25) is 24.3 Å². The molecule has 2 aromatic heterocycles. The van der Waals surface area contributed by atoms with E-state index in [2.05, 4.69) is 21.5 Å². The van der Waals surface area contributed by atoms with Crippen molar-refractivity contribution in [2.24, 2.45) is 5.92 Å². The van der Waals surface area contributed by atoms with E-state index >= 15 is 4.39 Å². The molecule has 0 bridgehead atoms. The number of hydrogen-bond acceptors (Lipinski definition) is 7. The van der Waals surface area contributed by atoms with Crippen LogP contribution in [0.15, 0.2) is 85.3 Å². The summed E-state index contributed by atoms with van der Waals surface area (Å²) in [4.78, 5) is 47.0. The Morgan fingerprint density at radius 2 is 1.67 bits per heavy atom. The summed E-state index contributed by atoms with van der Waals surface area (Å²) >= 11 is 0. The lowest BCUT2D eigenvalue weighted by molar-refractivity contribution is 0.0645. The molecule has 0 spiro atoms. The molecule has 6 rings (SSSR count). The van der Waals surface area contributed by atoms with Gasteiger partial charge in [0, 0.05) is 62.8 Å². The molecule has 0 unspecified atom stereocenters. The van der Waals surface area contributed by atoms with Gasteiger partial charge in [-0.2, -0.15) is 10.4 Å². The Balaban J connectivity index is 0.964. The minimum absolute atomic E-state index is 0.0695. The second-order valence-electron chi connectivity index (χ2n) is 11.8. The highest BCUT2D eigenvalue weighted by atomic mass is 19.1. The third-order valence-corrected chi connectivity index (χ3v) is 8.75. The van der Waals surface area contributed by atoms with Crippen molar-refractivity contribution >= 4 is 17.6 Å². The van der Waals surface area contributed by atoms with E-state index in [1.165, 1.54) is 18.3 Å². The van der Waals surface area contributed by atoms with Gasteiger partial charge < -0.3 is 10.2 Å². The number of pyridine rings is 1. The molecule has 2 amide bonds. The van der Waals surface area contributed by atoms with E-state index in [0.29, 0.717) is 56.6 Å². The number of likely N-dealkylation sites (tertiary alicyclic amines) is 2. The summed E-state index contributed by atoms with van der Waals surface area (Å²) in [6.45, 7) is 2.26. The van der Waals surface area contributed by atoms with Gasteiger partial charge in [-0.05, 0) is 79.4 Å². The number of nitrogens with zero attached hydrogens (tertiary/aromatic N) is 6. The minimum atomic E-state index is -1.24. The molecule has 2 aliphatic rings. The molecule has 11 heteroatoms. The fraction of sp³-hybridized carbons (Fsp3) is 0.314. The molecular weight excluding hydrogens is 585 g/mol. The number of halogens is 1. The molecule has 2 aliphatic heterocycles. The van der Waals surface area contributed by atoms with Crippen molar-refractivity contribution in [1.29, 1.82) is 5.26 Å². The van der Waals surface area contributed by atoms with Crippen molar-refractivity contribution in [3.8, 4) is 11.8 Å². The van der Waals surface area contributed by atoms with Crippen LogP contribution in [0.1, 0.15) is 61.6 Å². The lowest BCUT2D eigenvalue weighted by Crippen LogP contribution is -2.52. The molecule has 2 aromatic carbocycles. The molecule has 1 N–H and O–H groups in total. The van der Waals surface area contributed by atoms with Gasteiger partial charge in [-0.25, -0.2) is 9.07 Å². The van der Waals surface area contributed by atoms with Crippen LogP contribution in [0, 0.1) is 17.2 Å². The number of Topliss-reactive ketones (excluding diaryl/α,β-unsaturated/α-hetero) is 1. The average Bonchev–Trinajstić information content (AvgIpc) is 3.65. The van der Waals surface area contributed by atoms with Crippen molar-refractivity contribution < 1.29 is 18.8 Å². The quantitative estimate of drug-likeness (QED) is 0.293. The number of hydrogen-bond donors (Lipinski definition) is 1. The first-order valence-electron chi connectivity index (χ1n) is 15.4. The van der Waals surface area contributed by atoms with Gasteiger partial charge >= 0.3 is 0 Å². The van der Waals surface area contributed by atoms with Gasteiger partial charge in [0.05, 0.1) is 28.9 Å². The van der Waals surface area contributed by atoms with Gasteiger partial charge in [0.25, 0.3) is 11.8 Å². The van der Waals surface area contributed by atoms with Crippen LogP contribution in [-0.2, 0) is 6.54 Å². The number of nitriles is 1.